The van der Waals surface area contributed by atoms with Crippen LogP contribution in [0, 0.1) is 0 Å². The van der Waals surface area contributed by atoms with Crippen molar-refractivity contribution in [2.24, 2.45) is 7.05 Å². The normalized spacial score (nSPS) is 17.8. The molecular formula is C15H19N5O2. The van der Waals surface area contributed by atoms with Crippen LogP contribution in [-0.4, -0.2) is 25.9 Å². The fourth-order valence-corrected chi connectivity index (χ4v) is 2.93. The van der Waals surface area contributed by atoms with Crippen LogP contribution in [0.25, 0.3) is 0 Å². The van der Waals surface area contributed by atoms with E-state index in [2.05, 4.69) is 20.8 Å². The van der Waals surface area contributed by atoms with Crippen molar-refractivity contribution in [2.75, 3.05) is 0 Å². The van der Waals surface area contributed by atoms with Gasteiger partial charge in [-0.25, -0.2) is 4.79 Å². The second-order valence-electron chi connectivity index (χ2n) is 5.58. The summed E-state index contributed by atoms with van der Waals surface area (Å²) in [6, 6.07) is 4.85. The van der Waals surface area contributed by atoms with Crippen molar-refractivity contribution in [3.8, 4) is 5.75 Å². The van der Waals surface area contributed by atoms with Crippen molar-refractivity contribution in [1.29, 1.82) is 0 Å². The zero-order valence-corrected chi connectivity index (χ0v) is 12.6. The van der Waals surface area contributed by atoms with Gasteiger partial charge in [-0.05, 0) is 37.0 Å². The first-order chi connectivity index (χ1) is 10.6. The molecule has 0 aliphatic heterocycles. The topological polar surface area (TPSA) is 92.1 Å². The molecule has 2 aromatic rings. The molecule has 0 bridgehead atoms. The molecule has 0 saturated carbocycles. The van der Waals surface area contributed by atoms with Gasteiger partial charge in [0.2, 0.25) is 0 Å². The third kappa shape index (κ3) is 2.61. The number of fused-ring (bicyclic) bond motifs is 1. The Labute approximate surface area is 128 Å². The molecular weight excluding hydrogens is 282 g/mol. The monoisotopic (exact) mass is 301 g/mol. The number of aromatic hydroxyl groups is 1. The molecule has 0 saturated heterocycles. The van der Waals surface area contributed by atoms with Crippen LogP contribution in [0.2, 0.25) is 0 Å². The summed E-state index contributed by atoms with van der Waals surface area (Å²) in [7, 11) is 1.83. The minimum absolute atomic E-state index is 0.0752. The maximum Gasteiger partial charge on any atom is 0.315 e. The third-order valence-electron chi connectivity index (χ3n) is 4.03. The highest BCUT2D eigenvalue weighted by molar-refractivity contribution is 5.75. The van der Waals surface area contributed by atoms with Crippen LogP contribution < -0.4 is 10.6 Å². The van der Waals surface area contributed by atoms with Crippen LogP contribution in [0.3, 0.4) is 0 Å². The van der Waals surface area contributed by atoms with Gasteiger partial charge < -0.3 is 20.3 Å². The van der Waals surface area contributed by atoms with Gasteiger partial charge in [-0.2, -0.15) is 0 Å². The Kier molecular flexibility index (Phi) is 3.70. The molecule has 2 amide bonds. The molecule has 7 heteroatoms. The molecule has 0 unspecified atom stereocenters. The van der Waals surface area contributed by atoms with Crippen molar-refractivity contribution in [3.05, 3.63) is 41.5 Å². The Morgan fingerprint density at radius 2 is 2.32 bits per heavy atom. The number of carbonyl (C=O) groups is 1. The van der Waals surface area contributed by atoms with E-state index < -0.39 is 0 Å². The smallest absolute Gasteiger partial charge is 0.315 e. The maximum atomic E-state index is 12.2. The number of urea groups is 1. The highest BCUT2D eigenvalue weighted by atomic mass is 16.3. The van der Waals surface area contributed by atoms with Crippen LogP contribution in [0.4, 0.5) is 4.79 Å². The van der Waals surface area contributed by atoms with Gasteiger partial charge in [-0.3, -0.25) is 0 Å². The molecule has 1 heterocycles. The van der Waals surface area contributed by atoms with Gasteiger partial charge in [0.25, 0.3) is 0 Å². The lowest BCUT2D eigenvalue weighted by Crippen LogP contribution is -2.39. The van der Waals surface area contributed by atoms with E-state index in [1.54, 1.807) is 23.0 Å². The molecule has 1 aromatic heterocycles. The number of aryl methyl sites for hydroxylation is 1. The number of phenols is 1. The Morgan fingerprint density at radius 3 is 3.05 bits per heavy atom. The average molecular weight is 301 g/mol. The number of benzene rings is 1. The van der Waals surface area contributed by atoms with Crippen LogP contribution >= 0.6 is 0 Å². The highest BCUT2D eigenvalue weighted by Gasteiger charge is 2.26. The van der Waals surface area contributed by atoms with E-state index in [1.165, 1.54) is 0 Å². The number of phenolic OH excluding ortho intramolecular Hbond substituents is 1. The van der Waals surface area contributed by atoms with Crippen molar-refractivity contribution in [1.82, 2.24) is 25.4 Å². The fraction of sp³-hybridized carbons (Fsp3) is 0.400. The van der Waals surface area contributed by atoms with E-state index in [4.69, 9.17) is 0 Å². The first-order valence-electron chi connectivity index (χ1n) is 7.28. The lowest BCUT2D eigenvalue weighted by Gasteiger charge is -2.18. The van der Waals surface area contributed by atoms with Crippen molar-refractivity contribution >= 4 is 6.03 Å². The number of rotatable bonds is 3. The molecule has 3 N–H and O–H groups in total. The zero-order chi connectivity index (χ0) is 15.7. The van der Waals surface area contributed by atoms with Gasteiger partial charge in [0.1, 0.15) is 12.1 Å². The SMILES string of the molecule is C[C@H](NC(=O)N[C@@H]1CCc2c(O)cccc21)c1nncn1C. The Balaban J connectivity index is 1.64. The fourth-order valence-electron chi connectivity index (χ4n) is 2.93. The highest BCUT2D eigenvalue weighted by Crippen LogP contribution is 2.36. The third-order valence-corrected chi connectivity index (χ3v) is 4.03. The molecule has 3 rings (SSSR count). The van der Waals surface area contributed by atoms with E-state index >= 15 is 0 Å². The molecule has 0 radical (unpaired) electrons. The summed E-state index contributed by atoms with van der Waals surface area (Å²) >= 11 is 0. The Hall–Kier alpha value is -2.57. The molecule has 0 spiro atoms. The second kappa shape index (κ2) is 5.67. The standard InChI is InChI=1S/C15H19N5O2/c1-9(14-19-16-8-20(14)2)17-15(22)18-12-7-6-11-10(12)4-3-5-13(11)21/h3-5,8-9,12,21H,6-7H2,1-2H3,(H2,17,18,22)/t9-,12+/m0/s1. The largest absolute Gasteiger partial charge is 0.508 e. The van der Waals surface area contributed by atoms with Gasteiger partial charge in [0, 0.05) is 7.05 Å². The van der Waals surface area contributed by atoms with E-state index in [9.17, 15) is 9.90 Å². The number of nitrogens with zero attached hydrogens (tertiary/aromatic N) is 3. The molecule has 22 heavy (non-hydrogen) atoms. The molecule has 2 atom stereocenters. The summed E-state index contributed by atoms with van der Waals surface area (Å²) < 4.78 is 1.77. The van der Waals surface area contributed by atoms with Gasteiger partial charge in [0.15, 0.2) is 5.82 Å². The zero-order valence-electron chi connectivity index (χ0n) is 12.6. The van der Waals surface area contributed by atoms with Crippen molar-refractivity contribution in [2.45, 2.75) is 31.8 Å². The molecule has 1 aliphatic rings. The first kappa shape index (κ1) is 14.4. The number of aromatic nitrogens is 3. The molecule has 116 valence electrons. The summed E-state index contributed by atoms with van der Waals surface area (Å²) in [5.41, 5.74) is 1.91. The van der Waals surface area contributed by atoms with E-state index in [-0.39, 0.29) is 18.1 Å². The van der Waals surface area contributed by atoms with Crippen LogP contribution in [0.5, 0.6) is 5.75 Å². The van der Waals surface area contributed by atoms with Gasteiger partial charge in [0.05, 0.1) is 12.1 Å². The predicted molar refractivity (Wildman–Crippen MR) is 80.3 cm³/mol. The quantitative estimate of drug-likeness (QED) is 0.802. The minimum Gasteiger partial charge on any atom is -0.508 e. The Morgan fingerprint density at radius 1 is 1.50 bits per heavy atom. The summed E-state index contributed by atoms with van der Waals surface area (Å²) in [4.78, 5) is 12.2. The number of hydrogen-bond donors (Lipinski definition) is 3. The van der Waals surface area contributed by atoms with Crippen molar-refractivity contribution in [3.63, 3.8) is 0 Å². The maximum absolute atomic E-state index is 12.2. The van der Waals surface area contributed by atoms with Crippen LogP contribution in [0.1, 0.15) is 42.4 Å². The van der Waals surface area contributed by atoms with Gasteiger partial charge >= 0.3 is 6.03 Å². The Bertz CT molecular complexity index is 697. The minimum atomic E-state index is -0.253. The predicted octanol–water partition coefficient (Wildman–Crippen LogP) is 1.57. The van der Waals surface area contributed by atoms with Crippen LogP contribution in [-0.2, 0) is 13.5 Å². The van der Waals surface area contributed by atoms with Crippen molar-refractivity contribution < 1.29 is 9.90 Å². The van der Waals surface area contributed by atoms with Gasteiger partial charge in [-0.1, -0.05) is 12.1 Å². The van der Waals surface area contributed by atoms with Crippen LogP contribution in [0.15, 0.2) is 24.5 Å². The van der Waals surface area contributed by atoms with Gasteiger partial charge in [-0.15, -0.1) is 10.2 Å². The lowest BCUT2D eigenvalue weighted by atomic mass is 10.1. The molecule has 7 nitrogen and oxygen atoms in total. The lowest BCUT2D eigenvalue weighted by molar-refractivity contribution is 0.233. The summed E-state index contributed by atoms with van der Waals surface area (Å²) in [6.07, 6.45) is 3.16. The average Bonchev–Trinajstić information content (AvgIpc) is 3.06. The number of amides is 2. The second-order valence-corrected chi connectivity index (χ2v) is 5.58. The van der Waals surface area contributed by atoms with E-state index in [1.807, 2.05) is 20.0 Å². The molecule has 1 aromatic carbocycles. The first-order valence-corrected chi connectivity index (χ1v) is 7.28. The summed E-state index contributed by atoms with van der Waals surface area (Å²) in [6.45, 7) is 1.86. The number of hydrogen-bond acceptors (Lipinski definition) is 4. The summed E-state index contributed by atoms with van der Waals surface area (Å²) in [5.74, 6) is 0.995. The molecule has 0 fully saturated rings. The number of nitrogens with one attached hydrogen (secondary N) is 2. The van der Waals surface area contributed by atoms with E-state index in [0.717, 1.165) is 24.0 Å². The summed E-state index contributed by atoms with van der Waals surface area (Å²) in [5, 5.41) is 23.4. The number of carbonyl (C=O) groups excluding carboxylic acids is 1. The van der Waals surface area contributed by atoms with E-state index in [0.29, 0.717) is 11.6 Å². The molecule has 1 aliphatic carbocycles.